The molecule has 2 heteroatoms. The molecule has 11 rings (SSSR count). The zero-order valence-corrected chi connectivity index (χ0v) is 32.2. The summed E-state index contributed by atoms with van der Waals surface area (Å²) in [4.78, 5) is 2.43. The molecule has 0 amide bonds. The van der Waals surface area contributed by atoms with Crippen LogP contribution in [0.15, 0.2) is 224 Å². The van der Waals surface area contributed by atoms with E-state index in [9.17, 15) is 0 Å². The first-order valence-electron chi connectivity index (χ1n) is 19.9. The molecule has 8 aromatic carbocycles. The molecule has 0 saturated carbocycles. The number of para-hydroxylation sites is 1. The van der Waals surface area contributed by atoms with E-state index in [2.05, 4.69) is 223 Å². The van der Waals surface area contributed by atoms with Crippen LogP contribution >= 0.6 is 11.3 Å². The van der Waals surface area contributed by atoms with Crippen LogP contribution in [-0.2, 0) is 5.41 Å². The van der Waals surface area contributed by atoms with Gasteiger partial charge >= 0.3 is 0 Å². The molecule has 2 aliphatic rings. The molecule has 1 heterocycles. The molecule has 1 nitrogen and oxygen atoms in total. The van der Waals surface area contributed by atoms with Gasteiger partial charge in [0, 0.05) is 32.8 Å². The third-order valence-electron chi connectivity index (χ3n) is 12.1. The van der Waals surface area contributed by atoms with Crippen LogP contribution < -0.4 is 4.90 Å². The number of thiophene rings is 1. The normalized spacial score (nSPS) is 15.3. The molecule has 0 bridgehead atoms. The van der Waals surface area contributed by atoms with Crippen LogP contribution in [0.25, 0.3) is 42.4 Å². The zero-order valence-electron chi connectivity index (χ0n) is 31.4. The second kappa shape index (κ2) is 13.8. The summed E-state index contributed by atoms with van der Waals surface area (Å²) < 4.78 is 2.61. The van der Waals surface area contributed by atoms with Crippen LogP contribution in [0.1, 0.15) is 34.6 Å². The van der Waals surface area contributed by atoms with Gasteiger partial charge in [0.1, 0.15) is 0 Å². The Balaban J connectivity index is 1.02. The van der Waals surface area contributed by atoms with Crippen molar-refractivity contribution in [1.82, 2.24) is 0 Å². The number of allylic oxidation sites excluding steroid dienone is 4. The summed E-state index contributed by atoms with van der Waals surface area (Å²) in [5.74, 6) is 0.243. The van der Waals surface area contributed by atoms with Crippen LogP contribution in [0.2, 0.25) is 0 Å². The molecule has 1 atom stereocenters. The predicted molar refractivity (Wildman–Crippen MR) is 242 cm³/mol. The summed E-state index contributed by atoms with van der Waals surface area (Å²) in [6, 6.07) is 73.6. The molecule has 57 heavy (non-hydrogen) atoms. The highest BCUT2D eigenvalue weighted by molar-refractivity contribution is 7.27. The topological polar surface area (TPSA) is 3.24 Å². The largest absolute Gasteiger partial charge is 0.309 e. The lowest BCUT2D eigenvalue weighted by Gasteiger charge is -2.36. The summed E-state index contributed by atoms with van der Waals surface area (Å²) in [6.07, 6.45) is 8.30. The highest BCUT2D eigenvalue weighted by Gasteiger charge is 2.47. The third kappa shape index (κ3) is 5.36. The van der Waals surface area contributed by atoms with Crippen LogP contribution in [-0.4, -0.2) is 0 Å². The standard InChI is InChI=1S/C55H39NS/c1-4-17-39(18-5-1)45-27-15-28-48-49-29-16-32-52(54(49)57-53(45)48)56(43-23-8-3-9-24-43)44-35-33-38(34-36-44)40-19-14-22-42(37-40)55(41-20-6-2-7-21-41)50-30-12-10-25-46(50)47-26-11-13-31-51(47)55/h1-18,20-37,40H,19H2. The number of hydrogen-bond donors (Lipinski definition) is 0. The summed E-state index contributed by atoms with van der Waals surface area (Å²) in [7, 11) is 0. The molecule has 9 aromatic rings. The number of benzene rings is 8. The zero-order chi connectivity index (χ0) is 37.8. The molecule has 0 aliphatic heterocycles. The first-order chi connectivity index (χ1) is 28.3. The van der Waals surface area contributed by atoms with E-state index >= 15 is 0 Å². The molecule has 2 aliphatic carbocycles. The van der Waals surface area contributed by atoms with Crippen LogP contribution in [0.4, 0.5) is 17.1 Å². The summed E-state index contributed by atoms with van der Waals surface area (Å²) >= 11 is 1.90. The molecular weight excluding hydrogens is 707 g/mol. The number of fused-ring (bicyclic) bond motifs is 6. The van der Waals surface area contributed by atoms with Gasteiger partial charge in [0.2, 0.25) is 0 Å². The lowest BCUT2D eigenvalue weighted by Crippen LogP contribution is -2.30. The Hall–Kier alpha value is -6.74. The summed E-state index contributed by atoms with van der Waals surface area (Å²) in [6.45, 7) is 0. The van der Waals surface area contributed by atoms with Crippen molar-refractivity contribution in [1.29, 1.82) is 0 Å². The number of hydrogen-bond acceptors (Lipinski definition) is 2. The minimum atomic E-state index is -0.392. The average molecular weight is 746 g/mol. The number of anilines is 3. The Morgan fingerprint density at radius 3 is 1.74 bits per heavy atom. The monoisotopic (exact) mass is 745 g/mol. The van der Waals surface area contributed by atoms with E-state index in [1.165, 1.54) is 75.9 Å². The maximum atomic E-state index is 2.55. The fourth-order valence-electron chi connectivity index (χ4n) is 9.58. The van der Waals surface area contributed by atoms with Gasteiger partial charge < -0.3 is 4.90 Å². The lowest BCUT2D eigenvalue weighted by atomic mass is 9.65. The molecule has 1 aromatic heterocycles. The molecule has 270 valence electrons. The van der Waals surface area contributed by atoms with Crippen molar-refractivity contribution in [2.45, 2.75) is 17.8 Å². The molecule has 0 N–H and O–H groups in total. The molecule has 1 unspecified atom stereocenters. The van der Waals surface area contributed by atoms with E-state index in [4.69, 9.17) is 0 Å². The minimum Gasteiger partial charge on any atom is -0.309 e. The van der Waals surface area contributed by atoms with Gasteiger partial charge in [-0.2, -0.15) is 0 Å². The highest BCUT2D eigenvalue weighted by Crippen LogP contribution is 2.57. The lowest BCUT2D eigenvalue weighted by molar-refractivity contribution is 0.730. The van der Waals surface area contributed by atoms with Crippen LogP contribution in [0.5, 0.6) is 0 Å². The average Bonchev–Trinajstić information content (AvgIpc) is 3.83. The summed E-state index contributed by atoms with van der Waals surface area (Å²) in [5, 5.41) is 2.59. The molecule has 0 spiro atoms. The van der Waals surface area contributed by atoms with Crippen molar-refractivity contribution in [3.05, 3.63) is 246 Å². The second-order valence-corrected chi connectivity index (χ2v) is 16.2. The Kier molecular flexibility index (Phi) is 8.12. The number of rotatable bonds is 7. The van der Waals surface area contributed by atoms with Crippen molar-refractivity contribution in [2.24, 2.45) is 0 Å². The van der Waals surface area contributed by atoms with E-state index in [1.807, 2.05) is 11.3 Å². The Morgan fingerprint density at radius 1 is 0.474 bits per heavy atom. The Morgan fingerprint density at radius 2 is 1.04 bits per heavy atom. The first-order valence-corrected chi connectivity index (χ1v) is 20.7. The fourth-order valence-corrected chi connectivity index (χ4v) is 10.9. The van der Waals surface area contributed by atoms with Crippen molar-refractivity contribution < 1.29 is 0 Å². The van der Waals surface area contributed by atoms with E-state index in [1.54, 1.807) is 0 Å². The molecular formula is C55H39NS. The van der Waals surface area contributed by atoms with Gasteiger partial charge in [-0.25, -0.2) is 0 Å². The molecule has 0 fully saturated rings. The van der Waals surface area contributed by atoms with E-state index < -0.39 is 5.41 Å². The molecule has 0 radical (unpaired) electrons. The Labute approximate surface area is 338 Å². The van der Waals surface area contributed by atoms with Gasteiger partial charge in [0.15, 0.2) is 0 Å². The maximum absolute atomic E-state index is 2.55. The molecule has 0 saturated heterocycles. The fraction of sp³-hybridized carbons (Fsp3) is 0.0545. The summed E-state index contributed by atoms with van der Waals surface area (Å²) in [5.41, 5.74) is 14.9. The van der Waals surface area contributed by atoms with Gasteiger partial charge in [-0.15, -0.1) is 11.3 Å². The first kappa shape index (κ1) is 33.6. The van der Waals surface area contributed by atoms with Crippen LogP contribution in [0, 0.1) is 0 Å². The number of nitrogens with zero attached hydrogens (tertiary/aromatic N) is 1. The van der Waals surface area contributed by atoms with Crippen LogP contribution in [0.3, 0.4) is 0 Å². The van der Waals surface area contributed by atoms with Gasteiger partial charge in [0.05, 0.1) is 15.8 Å². The van der Waals surface area contributed by atoms with E-state index in [-0.39, 0.29) is 5.92 Å². The highest BCUT2D eigenvalue weighted by atomic mass is 32.1. The minimum absolute atomic E-state index is 0.243. The van der Waals surface area contributed by atoms with Gasteiger partial charge in [-0.1, -0.05) is 188 Å². The smallest absolute Gasteiger partial charge is 0.0710 e. The van der Waals surface area contributed by atoms with Crippen molar-refractivity contribution in [3.63, 3.8) is 0 Å². The maximum Gasteiger partial charge on any atom is 0.0710 e. The Bertz CT molecular complexity index is 2930. The van der Waals surface area contributed by atoms with Gasteiger partial charge in [0.25, 0.3) is 0 Å². The van der Waals surface area contributed by atoms with Crippen molar-refractivity contribution in [3.8, 4) is 22.3 Å². The van der Waals surface area contributed by atoms with Gasteiger partial charge in [-0.05, 0) is 86.8 Å². The second-order valence-electron chi connectivity index (χ2n) is 15.1. The predicted octanol–water partition coefficient (Wildman–Crippen LogP) is 15.2. The van der Waals surface area contributed by atoms with E-state index in [0.717, 1.165) is 17.8 Å². The van der Waals surface area contributed by atoms with Gasteiger partial charge in [-0.3, -0.25) is 0 Å². The van der Waals surface area contributed by atoms with E-state index in [0.29, 0.717) is 0 Å². The van der Waals surface area contributed by atoms with Crippen molar-refractivity contribution >= 4 is 48.6 Å². The van der Waals surface area contributed by atoms with Crippen molar-refractivity contribution in [2.75, 3.05) is 4.90 Å². The quantitative estimate of drug-likeness (QED) is 0.157. The third-order valence-corrected chi connectivity index (χ3v) is 13.4. The SMILES string of the molecule is C1=CC(C2(c3ccccc3)c3ccccc3-c3ccccc32)=CC(c2ccc(N(c3ccccc3)c3cccc4c3sc3c(-c5ccccc5)cccc34)cc2)C1.